The molecule has 0 saturated carbocycles. The van der Waals surface area contributed by atoms with Crippen molar-refractivity contribution in [2.45, 2.75) is 17.7 Å². The number of hydrogen-bond acceptors (Lipinski definition) is 5. The summed E-state index contributed by atoms with van der Waals surface area (Å²) in [6, 6.07) is 6.07. The maximum Gasteiger partial charge on any atom is 0.240 e. The lowest BCUT2D eigenvalue weighted by Crippen LogP contribution is -2.29. The second kappa shape index (κ2) is 8.73. The minimum atomic E-state index is -3.60. The summed E-state index contributed by atoms with van der Waals surface area (Å²) in [7, 11) is -2.03. The largest absolute Gasteiger partial charge is 0.385 e. The van der Waals surface area contributed by atoms with E-state index in [2.05, 4.69) is 10.0 Å². The molecule has 1 aromatic rings. The van der Waals surface area contributed by atoms with Gasteiger partial charge in [0.05, 0.1) is 4.90 Å². The molecular weight excluding hydrogens is 294 g/mol. The Morgan fingerprint density at radius 3 is 2.81 bits per heavy atom. The lowest BCUT2D eigenvalue weighted by atomic mass is 10.2. The Labute approximate surface area is 124 Å². The summed E-state index contributed by atoms with van der Waals surface area (Å²) in [5, 5.41) is 2.66. The molecule has 1 rings (SSSR count). The molecule has 0 atom stereocenters. The first-order valence-electron chi connectivity index (χ1n) is 6.58. The van der Waals surface area contributed by atoms with Crippen LogP contribution in [0.5, 0.6) is 0 Å². The number of carbonyl (C=O) groups is 1. The number of nitrogens with two attached hydrogens (primary N) is 1. The van der Waals surface area contributed by atoms with Gasteiger partial charge in [0.2, 0.25) is 15.9 Å². The normalized spacial score (nSPS) is 11.3. The zero-order chi connectivity index (χ0) is 15.7. The lowest BCUT2D eigenvalue weighted by Gasteiger charge is -2.09. The predicted octanol–water partition coefficient (Wildman–Crippen LogP) is 0.289. The standard InChI is InChI=1S/C13H21N3O4S/c1-20-9-3-6-13(17)16-11-4-2-5-12(10-11)21(18,19)15-8-7-14/h2,4-5,10,15H,3,6-9,14H2,1H3,(H,16,17). The molecule has 8 heteroatoms. The molecular formula is C13H21N3O4S. The number of ether oxygens (including phenoxy) is 1. The van der Waals surface area contributed by atoms with Gasteiger partial charge in [-0.2, -0.15) is 0 Å². The van der Waals surface area contributed by atoms with Gasteiger partial charge in [0.25, 0.3) is 0 Å². The van der Waals surface area contributed by atoms with Crippen molar-refractivity contribution in [3.8, 4) is 0 Å². The van der Waals surface area contributed by atoms with Crippen LogP contribution in [-0.4, -0.2) is 41.1 Å². The van der Waals surface area contributed by atoms with Crippen molar-refractivity contribution in [2.24, 2.45) is 5.73 Å². The molecule has 0 spiro atoms. The van der Waals surface area contributed by atoms with Gasteiger partial charge < -0.3 is 15.8 Å². The first kappa shape index (κ1) is 17.6. The molecule has 0 heterocycles. The molecule has 1 amide bonds. The van der Waals surface area contributed by atoms with Gasteiger partial charge in [-0.05, 0) is 24.6 Å². The Morgan fingerprint density at radius 1 is 1.38 bits per heavy atom. The number of amides is 1. The van der Waals surface area contributed by atoms with Crippen LogP contribution >= 0.6 is 0 Å². The fraction of sp³-hybridized carbons (Fsp3) is 0.462. The summed E-state index contributed by atoms with van der Waals surface area (Å²) in [4.78, 5) is 11.8. The van der Waals surface area contributed by atoms with Crippen LogP contribution in [0.3, 0.4) is 0 Å². The van der Waals surface area contributed by atoms with Gasteiger partial charge in [0.1, 0.15) is 0 Å². The van der Waals surface area contributed by atoms with Crippen molar-refractivity contribution in [3.05, 3.63) is 24.3 Å². The third kappa shape index (κ3) is 6.21. The van der Waals surface area contributed by atoms with E-state index in [0.29, 0.717) is 25.1 Å². The summed E-state index contributed by atoms with van der Waals surface area (Å²) in [5.74, 6) is -0.184. The molecule has 0 saturated heterocycles. The van der Waals surface area contributed by atoms with Crippen LogP contribution in [0.1, 0.15) is 12.8 Å². The van der Waals surface area contributed by atoms with E-state index in [4.69, 9.17) is 10.5 Å². The zero-order valence-electron chi connectivity index (χ0n) is 12.0. The molecule has 0 bridgehead atoms. The van der Waals surface area contributed by atoms with Crippen molar-refractivity contribution < 1.29 is 17.9 Å². The van der Waals surface area contributed by atoms with Crippen molar-refractivity contribution in [2.75, 3.05) is 32.1 Å². The molecule has 0 aromatic heterocycles. The third-order valence-corrected chi connectivity index (χ3v) is 4.08. The summed E-state index contributed by atoms with van der Waals surface area (Å²) in [5.41, 5.74) is 5.71. The fourth-order valence-electron chi connectivity index (χ4n) is 1.62. The Hall–Kier alpha value is -1.48. The molecule has 21 heavy (non-hydrogen) atoms. The first-order valence-corrected chi connectivity index (χ1v) is 8.06. The molecule has 4 N–H and O–H groups in total. The van der Waals surface area contributed by atoms with Gasteiger partial charge in [0.15, 0.2) is 0 Å². The number of methoxy groups -OCH3 is 1. The third-order valence-electron chi connectivity index (χ3n) is 2.62. The van der Waals surface area contributed by atoms with Crippen LogP contribution in [0.15, 0.2) is 29.2 Å². The van der Waals surface area contributed by atoms with Gasteiger partial charge in [-0.1, -0.05) is 6.07 Å². The molecule has 0 aliphatic heterocycles. The smallest absolute Gasteiger partial charge is 0.240 e. The maximum absolute atomic E-state index is 11.9. The van der Waals surface area contributed by atoms with Crippen molar-refractivity contribution >= 4 is 21.6 Å². The topological polar surface area (TPSA) is 111 Å². The highest BCUT2D eigenvalue weighted by Gasteiger charge is 2.13. The Kier molecular flexibility index (Phi) is 7.30. The molecule has 0 radical (unpaired) electrons. The van der Waals surface area contributed by atoms with Gasteiger partial charge in [0, 0.05) is 38.9 Å². The van der Waals surface area contributed by atoms with Crippen molar-refractivity contribution in [3.63, 3.8) is 0 Å². The lowest BCUT2D eigenvalue weighted by molar-refractivity contribution is -0.116. The van der Waals surface area contributed by atoms with E-state index >= 15 is 0 Å². The summed E-state index contributed by atoms with van der Waals surface area (Å²) >= 11 is 0. The van der Waals surface area contributed by atoms with Crippen LogP contribution in [0.2, 0.25) is 0 Å². The van der Waals surface area contributed by atoms with E-state index in [9.17, 15) is 13.2 Å². The van der Waals surface area contributed by atoms with Gasteiger partial charge in [-0.15, -0.1) is 0 Å². The van der Waals surface area contributed by atoms with E-state index in [1.807, 2.05) is 0 Å². The van der Waals surface area contributed by atoms with Crippen LogP contribution in [-0.2, 0) is 19.6 Å². The fourth-order valence-corrected chi connectivity index (χ4v) is 2.71. The minimum Gasteiger partial charge on any atom is -0.385 e. The van der Waals surface area contributed by atoms with Crippen LogP contribution in [0.25, 0.3) is 0 Å². The average molecular weight is 315 g/mol. The summed E-state index contributed by atoms with van der Waals surface area (Å²) in [6.45, 7) is 0.885. The van der Waals surface area contributed by atoms with Crippen molar-refractivity contribution in [1.82, 2.24) is 4.72 Å². The number of anilines is 1. The molecule has 1 aromatic carbocycles. The minimum absolute atomic E-state index is 0.0886. The molecule has 0 aliphatic rings. The number of nitrogens with one attached hydrogen (secondary N) is 2. The van der Waals surface area contributed by atoms with E-state index in [1.54, 1.807) is 19.2 Å². The number of hydrogen-bond donors (Lipinski definition) is 3. The van der Waals surface area contributed by atoms with E-state index in [0.717, 1.165) is 0 Å². The Bertz CT molecular complexity index is 560. The van der Waals surface area contributed by atoms with Gasteiger partial charge in [-0.25, -0.2) is 13.1 Å². The molecule has 7 nitrogen and oxygen atoms in total. The van der Waals surface area contributed by atoms with E-state index in [1.165, 1.54) is 12.1 Å². The SMILES string of the molecule is COCCCC(=O)Nc1cccc(S(=O)(=O)NCCN)c1. The van der Waals surface area contributed by atoms with Crippen LogP contribution in [0.4, 0.5) is 5.69 Å². The number of sulfonamides is 1. The summed E-state index contributed by atoms with van der Waals surface area (Å²) in [6.07, 6.45) is 0.925. The quantitative estimate of drug-likeness (QED) is 0.567. The number of rotatable bonds is 9. The average Bonchev–Trinajstić information content (AvgIpc) is 2.46. The van der Waals surface area contributed by atoms with Gasteiger partial charge >= 0.3 is 0 Å². The monoisotopic (exact) mass is 315 g/mol. The Morgan fingerprint density at radius 2 is 2.14 bits per heavy atom. The summed E-state index contributed by atoms with van der Waals surface area (Å²) < 4.78 is 31.1. The van der Waals surface area contributed by atoms with Gasteiger partial charge in [-0.3, -0.25) is 4.79 Å². The van der Waals surface area contributed by atoms with E-state index in [-0.39, 0.29) is 23.9 Å². The second-order valence-electron chi connectivity index (χ2n) is 4.36. The molecule has 0 fully saturated rings. The predicted molar refractivity (Wildman–Crippen MR) is 80.4 cm³/mol. The van der Waals surface area contributed by atoms with E-state index < -0.39 is 10.0 Å². The molecule has 0 aliphatic carbocycles. The molecule has 0 unspecified atom stereocenters. The number of benzene rings is 1. The van der Waals surface area contributed by atoms with Crippen LogP contribution in [0, 0.1) is 0 Å². The number of carbonyl (C=O) groups excluding carboxylic acids is 1. The van der Waals surface area contributed by atoms with Crippen molar-refractivity contribution in [1.29, 1.82) is 0 Å². The maximum atomic E-state index is 11.9. The molecule has 118 valence electrons. The Balaban J connectivity index is 2.70. The highest BCUT2D eigenvalue weighted by molar-refractivity contribution is 7.89. The zero-order valence-corrected chi connectivity index (χ0v) is 12.8. The van der Waals surface area contributed by atoms with Crippen LogP contribution < -0.4 is 15.8 Å². The highest BCUT2D eigenvalue weighted by Crippen LogP contribution is 2.15. The second-order valence-corrected chi connectivity index (χ2v) is 6.13. The highest BCUT2D eigenvalue weighted by atomic mass is 32.2. The first-order chi connectivity index (χ1) is 9.99.